The van der Waals surface area contributed by atoms with Crippen LogP contribution in [0.5, 0.6) is 0 Å². The van der Waals surface area contributed by atoms with Crippen molar-refractivity contribution in [2.75, 3.05) is 13.2 Å². The first-order chi connectivity index (χ1) is 13.0. The Morgan fingerprint density at radius 2 is 1.57 bits per heavy atom. The van der Waals surface area contributed by atoms with Crippen LogP contribution in [-0.2, 0) is 24.0 Å². The van der Waals surface area contributed by atoms with Gasteiger partial charge >= 0.3 is 11.9 Å². The van der Waals surface area contributed by atoms with E-state index < -0.39 is 67.4 Å². The zero-order valence-electron chi connectivity index (χ0n) is 15.8. The minimum atomic E-state index is -1.31. The lowest BCUT2D eigenvalue weighted by Crippen LogP contribution is -2.57. The molecule has 0 aliphatic heterocycles. The third kappa shape index (κ3) is 9.28. The van der Waals surface area contributed by atoms with E-state index in [1.54, 1.807) is 13.8 Å². The molecule has 0 heterocycles. The van der Waals surface area contributed by atoms with Crippen LogP contribution in [0.2, 0.25) is 0 Å². The third-order valence-electron chi connectivity index (χ3n) is 4.02. The molecular weight excluding hydrogens is 376 g/mol. The van der Waals surface area contributed by atoms with E-state index in [4.69, 9.17) is 21.1 Å². The molecule has 0 fully saturated rings. The largest absolute Gasteiger partial charge is 0.481 e. The van der Waals surface area contributed by atoms with Gasteiger partial charge in [0, 0.05) is 6.42 Å². The smallest absolute Gasteiger partial charge is 0.322 e. The molecule has 160 valence electrons. The fourth-order valence-electron chi connectivity index (χ4n) is 2.13. The number of nitrogens with two attached hydrogens (primary N) is 1. The second-order valence-electron chi connectivity index (χ2n) is 6.27. The number of carbonyl (C=O) groups excluding carboxylic acids is 3. The molecule has 12 nitrogen and oxygen atoms in total. The number of aliphatic carboxylic acids is 2. The van der Waals surface area contributed by atoms with Crippen LogP contribution in [-0.4, -0.2) is 76.3 Å². The van der Waals surface area contributed by atoms with Gasteiger partial charge in [0.15, 0.2) is 0 Å². The Morgan fingerprint density at radius 3 is 2.04 bits per heavy atom. The van der Waals surface area contributed by atoms with Gasteiger partial charge in [0.2, 0.25) is 17.7 Å². The van der Waals surface area contributed by atoms with E-state index in [1.165, 1.54) is 0 Å². The van der Waals surface area contributed by atoms with Gasteiger partial charge in [-0.05, 0) is 12.3 Å². The van der Waals surface area contributed by atoms with Crippen molar-refractivity contribution >= 4 is 29.7 Å². The SMILES string of the molecule is CCC(C)C(NC(=O)C(CCC(=O)O)NC(=O)C(N)CO)C(=O)NCC(=O)O. The molecule has 8 N–H and O–H groups in total. The molecule has 3 amide bonds. The number of hydrogen-bond acceptors (Lipinski definition) is 7. The maximum Gasteiger partial charge on any atom is 0.322 e. The topological polar surface area (TPSA) is 208 Å². The summed E-state index contributed by atoms with van der Waals surface area (Å²) >= 11 is 0. The molecule has 12 heteroatoms. The number of carboxylic acids is 2. The standard InChI is InChI=1S/C16H28N4O8/c1-3-8(2)13(16(28)18-6-12(24)25)20-15(27)10(4-5-11(22)23)19-14(26)9(17)7-21/h8-10,13,21H,3-7,17H2,1-2H3,(H,18,28)(H,19,26)(H,20,27)(H,22,23)(H,24,25). The maximum atomic E-state index is 12.6. The van der Waals surface area contributed by atoms with Crippen LogP contribution in [0.15, 0.2) is 0 Å². The van der Waals surface area contributed by atoms with Crippen molar-refractivity contribution in [3.05, 3.63) is 0 Å². The Bertz CT molecular complexity index is 583. The minimum absolute atomic E-state index is 0.269. The Morgan fingerprint density at radius 1 is 0.964 bits per heavy atom. The summed E-state index contributed by atoms with van der Waals surface area (Å²) in [6, 6.07) is -3.70. The molecule has 0 saturated carbocycles. The molecular formula is C16H28N4O8. The highest BCUT2D eigenvalue weighted by Gasteiger charge is 2.30. The Kier molecular flexibility index (Phi) is 11.4. The number of aliphatic hydroxyl groups is 1. The molecule has 0 aromatic rings. The van der Waals surface area contributed by atoms with Crippen LogP contribution in [0.4, 0.5) is 0 Å². The zero-order chi connectivity index (χ0) is 21.9. The molecule has 0 aliphatic carbocycles. The maximum absolute atomic E-state index is 12.6. The average molecular weight is 404 g/mol. The molecule has 0 rings (SSSR count). The number of carboxylic acid groups (broad SMARTS) is 2. The number of aliphatic hydroxyl groups excluding tert-OH is 1. The van der Waals surface area contributed by atoms with Crippen molar-refractivity contribution < 1.29 is 39.3 Å². The lowest BCUT2D eigenvalue weighted by molar-refractivity contribution is -0.139. The summed E-state index contributed by atoms with van der Waals surface area (Å²) in [5, 5.41) is 33.3. The first kappa shape index (κ1) is 25.3. The van der Waals surface area contributed by atoms with Crippen LogP contribution < -0.4 is 21.7 Å². The number of rotatable bonds is 13. The zero-order valence-corrected chi connectivity index (χ0v) is 15.8. The Labute approximate surface area is 161 Å². The van der Waals surface area contributed by atoms with E-state index in [0.717, 1.165) is 0 Å². The van der Waals surface area contributed by atoms with Crippen molar-refractivity contribution in [2.45, 2.75) is 51.2 Å². The molecule has 0 aliphatic rings. The van der Waals surface area contributed by atoms with E-state index >= 15 is 0 Å². The van der Waals surface area contributed by atoms with E-state index in [-0.39, 0.29) is 12.3 Å². The average Bonchev–Trinajstić information content (AvgIpc) is 2.65. The van der Waals surface area contributed by atoms with Gasteiger partial charge in [0.05, 0.1) is 6.61 Å². The van der Waals surface area contributed by atoms with Crippen LogP contribution >= 0.6 is 0 Å². The van der Waals surface area contributed by atoms with Crippen molar-refractivity contribution in [2.24, 2.45) is 11.7 Å². The molecule has 0 bridgehead atoms. The predicted octanol–water partition coefficient (Wildman–Crippen LogP) is -2.61. The number of hydrogen-bond donors (Lipinski definition) is 7. The molecule has 0 aromatic heterocycles. The highest BCUT2D eigenvalue weighted by Crippen LogP contribution is 2.09. The van der Waals surface area contributed by atoms with Gasteiger partial charge in [0.25, 0.3) is 0 Å². The van der Waals surface area contributed by atoms with Crippen LogP contribution in [0.3, 0.4) is 0 Å². The third-order valence-corrected chi connectivity index (χ3v) is 4.02. The quantitative estimate of drug-likeness (QED) is 0.171. The van der Waals surface area contributed by atoms with E-state index in [0.29, 0.717) is 6.42 Å². The lowest BCUT2D eigenvalue weighted by atomic mass is 9.97. The second kappa shape index (κ2) is 12.6. The highest BCUT2D eigenvalue weighted by atomic mass is 16.4. The summed E-state index contributed by atoms with van der Waals surface area (Å²) in [5.74, 6) is -5.23. The van der Waals surface area contributed by atoms with Crippen molar-refractivity contribution in [1.29, 1.82) is 0 Å². The summed E-state index contributed by atoms with van der Waals surface area (Å²) in [6.45, 7) is 2.12. The van der Waals surface area contributed by atoms with Crippen molar-refractivity contribution in [3.63, 3.8) is 0 Å². The number of nitrogens with one attached hydrogen (secondary N) is 3. The monoisotopic (exact) mass is 404 g/mol. The van der Waals surface area contributed by atoms with Gasteiger partial charge in [-0.2, -0.15) is 0 Å². The highest BCUT2D eigenvalue weighted by molar-refractivity contribution is 5.94. The van der Waals surface area contributed by atoms with Crippen LogP contribution in [0.1, 0.15) is 33.1 Å². The molecule has 0 spiro atoms. The van der Waals surface area contributed by atoms with Crippen LogP contribution in [0.25, 0.3) is 0 Å². The first-order valence-corrected chi connectivity index (χ1v) is 8.71. The van der Waals surface area contributed by atoms with Gasteiger partial charge < -0.3 is 37.0 Å². The molecule has 28 heavy (non-hydrogen) atoms. The molecule has 4 unspecified atom stereocenters. The van der Waals surface area contributed by atoms with Crippen molar-refractivity contribution in [3.8, 4) is 0 Å². The predicted molar refractivity (Wildman–Crippen MR) is 95.9 cm³/mol. The summed E-state index contributed by atoms with van der Waals surface area (Å²) in [5.41, 5.74) is 5.38. The first-order valence-electron chi connectivity index (χ1n) is 8.71. The second-order valence-corrected chi connectivity index (χ2v) is 6.27. The molecule has 0 radical (unpaired) electrons. The summed E-state index contributed by atoms with van der Waals surface area (Å²) in [6.07, 6.45) is -0.228. The van der Waals surface area contributed by atoms with Gasteiger partial charge in [-0.25, -0.2) is 0 Å². The molecule has 4 atom stereocenters. The van der Waals surface area contributed by atoms with Gasteiger partial charge in [0.1, 0.15) is 24.7 Å². The number of carbonyl (C=O) groups is 5. The fraction of sp³-hybridized carbons (Fsp3) is 0.688. The van der Waals surface area contributed by atoms with Crippen molar-refractivity contribution in [1.82, 2.24) is 16.0 Å². The summed E-state index contributed by atoms with van der Waals surface area (Å²) < 4.78 is 0. The summed E-state index contributed by atoms with van der Waals surface area (Å²) in [7, 11) is 0. The van der Waals surface area contributed by atoms with Gasteiger partial charge in [-0.15, -0.1) is 0 Å². The van der Waals surface area contributed by atoms with Gasteiger partial charge in [-0.3, -0.25) is 24.0 Å². The van der Waals surface area contributed by atoms with E-state index in [1.807, 2.05) is 0 Å². The fourth-order valence-corrected chi connectivity index (χ4v) is 2.13. The summed E-state index contributed by atoms with van der Waals surface area (Å²) in [4.78, 5) is 58.1. The number of amides is 3. The van der Waals surface area contributed by atoms with Gasteiger partial charge in [-0.1, -0.05) is 20.3 Å². The Hall–Kier alpha value is -2.73. The normalized spacial score (nSPS) is 14.9. The van der Waals surface area contributed by atoms with E-state index in [9.17, 15) is 24.0 Å². The Balaban J connectivity index is 5.30. The molecule has 0 saturated heterocycles. The lowest BCUT2D eigenvalue weighted by Gasteiger charge is -2.26. The van der Waals surface area contributed by atoms with E-state index in [2.05, 4.69) is 16.0 Å². The van der Waals surface area contributed by atoms with Crippen LogP contribution in [0, 0.1) is 5.92 Å². The molecule has 0 aromatic carbocycles. The minimum Gasteiger partial charge on any atom is -0.481 e.